The summed E-state index contributed by atoms with van der Waals surface area (Å²) in [6.45, 7) is 2.03. The van der Waals surface area contributed by atoms with Crippen molar-refractivity contribution in [2.45, 2.75) is 25.9 Å². The van der Waals surface area contributed by atoms with Crippen molar-refractivity contribution in [3.63, 3.8) is 0 Å². The number of carboxylic acids is 1. The van der Waals surface area contributed by atoms with Crippen molar-refractivity contribution in [2.24, 2.45) is 0 Å². The Morgan fingerprint density at radius 3 is 2.28 bits per heavy atom. The van der Waals surface area contributed by atoms with E-state index in [1.165, 1.54) is 12.1 Å². The summed E-state index contributed by atoms with van der Waals surface area (Å²) in [5.74, 6) is -1.99. The molecule has 0 saturated carbocycles. The van der Waals surface area contributed by atoms with Crippen LogP contribution >= 0.6 is 0 Å². The van der Waals surface area contributed by atoms with E-state index in [-0.39, 0.29) is 25.0 Å². The SMILES string of the molecule is CCC(Oc1ccc(C(=O)NCCC(=O)O)cc1)c1ccc(-c2ccc(F)cc2F)cc1. The highest BCUT2D eigenvalue weighted by Crippen LogP contribution is 2.29. The lowest BCUT2D eigenvalue weighted by Crippen LogP contribution is -2.25. The smallest absolute Gasteiger partial charge is 0.305 e. The van der Waals surface area contributed by atoms with Gasteiger partial charge in [0.2, 0.25) is 0 Å². The lowest BCUT2D eigenvalue weighted by molar-refractivity contribution is -0.136. The molecule has 0 aliphatic carbocycles. The number of carbonyl (C=O) groups excluding carboxylic acids is 1. The minimum atomic E-state index is -0.976. The highest BCUT2D eigenvalue weighted by Gasteiger charge is 2.14. The monoisotopic (exact) mass is 439 g/mol. The second-order valence-corrected chi connectivity index (χ2v) is 7.18. The Bertz CT molecular complexity index is 1080. The maximum Gasteiger partial charge on any atom is 0.305 e. The van der Waals surface area contributed by atoms with Gasteiger partial charge in [-0.15, -0.1) is 0 Å². The molecule has 1 unspecified atom stereocenters. The van der Waals surface area contributed by atoms with E-state index in [4.69, 9.17) is 9.84 Å². The molecule has 5 nitrogen and oxygen atoms in total. The van der Waals surface area contributed by atoms with Gasteiger partial charge < -0.3 is 15.2 Å². The minimum Gasteiger partial charge on any atom is -0.486 e. The molecule has 0 spiro atoms. The number of amides is 1. The van der Waals surface area contributed by atoms with Crippen LogP contribution in [0.25, 0.3) is 11.1 Å². The summed E-state index contributed by atoms with van der Waals surface area (Å²) < 4.78 is 33.2. The van der Waals surface area contributed by atoms with Crippen molar-refractivity contribution in [3.05, 3.63) is 89.5 Å². The molecule has 32 heavy (non-hydrogen) atoms. The maximum atomic E-state index is 14.0. The average molecular weight is 439 g/mol. The zero-order valence-corrected chi connectivity index (χ0v) is 17.5. The van der Waals surface area contributed by atoms with Gasteiger partial charge in [-0.2, -0.15) is 0 Å². The second kappa shape index (κ2) is 10.5. The highest BCUT2D eigenvalue weighted by molar-refractivity contribution is 5.94. The van der Waals surface area contributed by atoms with Gasteiger partial charge in [0.1, 0.15) is 23.5 Å². The first kappa shape index (κ1) is 22.9. The molecule has 0 aliphatic heterocycles. The summed E-state index contributed by atoms with van der Waals surface area (Å²) in [6, 6.07) is 17.3. The van der Waals surface area contributed by atoms with E-state index >= 15 is 0 Å². The van der Waals surface area contributed by atoms with Crippen molar-refractivity contribution in [1.82, 2.24) is 5.32 Å². The molecule has 1 atom stereocenters. The van der Waals surface area contributed by atoms with E-state index in [0.29, 0.717) is 28.9 Å². The molecule has 0 heterocycles. The van der Waals surface area contributed by atoms with Crippen LogP contribution in [0.5, 0.6) is 5.75 Å². The Kier molecular flexibility index (Phi) is 7.54. The fourth-order valence-electron chi connectivity index (χ4n) is 3.22. The number of nitrogens with one attached hydrogen (secondary N) is 1. The normalized spacial score (nSPS) is 11.6. The molecule has 3 aromatic rings. The summed E-state index contributed by atoms with van der Waals surface area (Å²) in [6.07, 6.45) is 0.289. The third kappa shape index (κ3) is 5.91. The molecule has 0 radical (unpaired) electrons. The number of carboxylic acid groups (broad SMARTS) is 1. The van der Waals surface area contributed by atoms with Crippen LogP contribution in [-0.2, 0) is 4.79 Å². The lowest BCUT2D eigenvalue weighted by Gasteiger charge is -2.19. The van der Waals surface area contributed by atoms with Gasteiger partial charge in [0.25, 0.3) is 5.91 Å². The number of carbonyl (C=O) groups is 2. The molecule has 2 N–H and O–H groups in total. The first-order valence-corrected chi connectivity index (χ1v) is 10.2. The zero-order valence-electron chi connectivity index (χ0n) is 17.5. The molecule has 0 saturated heterocycles. The van der Waals surface area contributed by atoms with Crippen molar-refractivity contribution < 1.29 is 28.2 Å². The Hall–Kier alpha value is -3.74. The molecular weight excluding hydrogens is 416 g/mol. The van der Waals surface area contributed by atoms with Gasteiger partial charge in [0.15, 0.2) is 0 Å². The summed E-state index contributed by atoms with van der Waals surface area (Å²) in [4.78, 5) is 22.6. The Morgan fingerprint density at radius 2 is 1.69 bits per heavy atom. The highest BCUT2D eigenvalue weighted by atomic mass is 19.1. The molecule has 0 aliphatic rings. The fourth-order valence-corrected chi connectivity index (χ4v) is 3.22. The quantitative estimate of drug-likeness (QED) is 0.470. The summed E-state index contributed by atoms with van der Waals surface area (Å²) in [5, 5.41) is 11.2. The van der Waals surface area contributed by atoms with Crippen LogP contribution in [-0.4, -0.2) is 23.5 Å². The van der Waals surface area contributed by atoms with Gasteiger partial charge in [0.05, 0.1) is 6.42 Å². The van der Waals surface area contributed by atoms with Gasteiger partial charge in [-0.25, -0.2) is 8.78 Å². The number of benzene rings is 3. The van der Waals surface area contributed by atoms with E-state index in [0.717, 1.165) is 11.6 Å². The van der Waals surface area contributed by atoms with Gasteiger partial charge in [0, 0.05) is 23.7 Å². The average Bonchev–Trinajstić information content (AvgIpc) is 2.78. The molecule has 1 amide bonds. The third-order valence-electron chi connectivity index (χ3n) is 4.91. The van der Waals surface area contributed by atoms with E-state index in [2.05, 4.69) is 5.32 Å². The summed E-state index contributed by atoms with van der Waals surface area (Å²) in [7, 11) is 0. The van der Waals surface area contributed by atoms with E-state index in [9.17, 15) is 18.4 Å². The Morgan fingerprint density at radius 1 is 1.00 bits per heavy atom. The Balaban J connectivity index is 1.66. The predicted molar refractivity (Wildman–Crippen MR) is 116 cm³/mol. The number of aliphatic carboxylic acids is 1. The van der Waals surface area contributed by atoms with E-state index in [1.807, 2.05) is 19.1 Å². The fraction of sp³-hybridized carbons (Fsp3) is 0.200. The van der Waals surface area contributed by atoms with Crippen LogP contribution in [0.3, 0.4) is 0 Å². The van der Waals surface area contributed by atoms with Crippen LogP contribution in [0.2, 0.25) is 0 Å². The lowest BCUT2D eigenvalue weighted by atomic mass is 10.0. The zero-order chi connectivity index (χ0) is 23.1. The third-order valence-corrected chi connectivity index (χ3v) is 4.91. The standard InChI is InChI=1S/C25H23F2NO4/c1-2-23(17-5-3-16(4-6-17)21-12-9-19(26)15-22(21)27)32-20-10-7-18(8-11-20)25(31)28-14-13-24(29)30/h3-12,15,23H,2,13-14H2,1H3,(H,28,31)(H,29,30). The summed E-state index contributed by atoms with van der Waals surface area (Å²) in [5.41, 5.74) is 2.26. The predicted octanol–water partition coefficient (Wildman–Crippen LogP) is 5.37. The first-order chi connectivity index (χ1) is 15.4. The molecule has 166 valence electrons. The molecule has 0 aromatic heterocycles. The van der Waals surface area contributed by atoms with E-state index in [1.54, 1.807) is 36.4 Å². The number of hydrogen-bond donors (Lipinski definition) is 2. The molecule has 3 aromatic carbocycles. The number of rotatable bonds is 9. The van der Waals surface area contributed by atoms with Crippen LogP contribution < -0.4 is 10.1 Å². The van der Waals surface area contributed by atoms with Crippen molar-refractivity contribution in [3.8, 4) is 16.9 Å². The van der Waals surface area contributed by atoms with Crippen LogP contribution in [0, 0.1) is 11.6 Å². The largest absolute Gasteiger partial charge is 0.486 e. The van der Waals surface area contributed by atoms with Crippen molar-refractivity contribution in [2.75, 3.05) is 6.54 Å². The van der Waals surface area contributed by atoms with Crippen molar-refractivity contribution >= 4 is 11.9 Å². The first-order valence-electron chi connectivity index (χ1n) is 10.2. The summed E-state index contributed by atoms with van der Waals surface area (Å²) >= 11 is 0. The van der Waals surface area contributed by atoms with Crippen LogP contribution in [0.1, 0.15) is 41.8 Å². The topological polar surface area (TPSA) is 75.6 Å². The van der Waals surface area contributed by atoms with Gasteiger partial charge in [-0.1, -0.05) is 31.2 Å². The van der Waals surface area contributed by atoms with E-state index < -0.39 is 17.6 Å². The number of hydrogen-bond acceptors (Lipinski definition) is 3. The number of halogens is 2. The minimum absolute atomic E-state index is 0.0577. The van der Waals surface area contributed by atoms with Gasteiger partial charge in [-0.3, -0.25) is 9.59 Å². The second-order valence-electron chi connectivity index (χ2n) is 7.18. The van der Waals surface area contributed by atoms with Crippen LogP contribution in [0.4, 0.5) is 8.78 Å². The van der Waals surface area contributed by atoms with Crippen LogP contribution in [0.15, 0.2) is 66.7 Å². The molecule has 0 fully saturated rings. The van der Waals surface area contributed by atoms with Crippen molar-refractivity contribution in [1.29, 1.82) is 0 Å². The van der Waals surface area contributed by atoms with Gasteiger partial charge in [-0.05, 0) is 53.9 Å². The Labute approximate surface area is 184 Å². The molecule has 0 bridgehead atoms. The number of ether oxygens (including phenoxy) is 1. The molecule has 7 heteroatoms. The molecule has 3 rings (SSSR count). The maximum absolute atomic E-state index is 14.0. The van der Waals surface area contributed by atoms with Gasteiger partial charge >= 0.3 is 5.97 Å². The molecular formula is C25H23F2NO4.